The summed E-state index contributed by atoms with van der Waals surface area (Å²) in [5.74, 6) is 1.00. The van der Waals surface area contributed by atoms with Crippen LogP contribution in [0.1, 0.15) is 56.9 Å². The number of carbonyl (C=O) groups is 1. The van der Waals surface area contributed by atoms with E-state index in [9.17, 15) is 9.90 Å². The van der Waals surface area contributed by atoms with E-state index >= 15 is 0 Å². The van der Waals surface area contributed by atoms with Crippen molar-refractivity contribution in [3.05, 3.63) is 29.8 Å². The van der Waals surface area contributed by atoms with Crippen molar-refractivity contribution in [3.63, 3.8) is 0 Å². The van der Waals surface area contributed by atoms with Gasteiger partial charge in [0.05, 0.1) is 12.5 Å². The Balaban J connectivity index is 1.54. The van der Waals surface area contributed by atoms with Crippen LogP contribution in [0.2, 0.25) is 0 Å². The van der Waals surface area contributed by atoms with E-state index in [1.807, 2.05) is 6.92 Å². The fourth-order valence-corrected chi connectivity index (χ4v) is 4.29. The van der Waals surface area contributed by atoms with Crippen LogP contribution >= 0.6 is 0 Å². The minimum Gasteiger partial charge on any atom is -0.508 e. The molecule has 1 saturated carbocycles. The number of aromatic hydroxyl groups is 1. The summed E-state index contributed by atoms with van der Waals surface area (Å²) in [6.07, 6.45) is 6.58. The van der Waals surface area contributed by atoms with Crippen LogP contribution < -0.4 is 0 Å². The Morgan fingerprint density at radius 1 is 1.17 bits per heavy atom. The Morgan fingerprint density at radius 3 is 2.54 bits per heavy atom. The van der Waals surface area contributed by atoms with E-state index in [0.717, 1.165) is 32.2 Å². The number of piperidine rings is 1. The average Bonchev–Trinajstić information content (AvgIpc) is 2.63. The predicted molar refractivity (Wildman–Crippen MR) is 94.0 cm³/mol. The van der Waals surface area contributed by atoms with Crippen LogP contribution in [0.25, 0.3) is 0 Å². The zero-order valence-corrected chi connectivity index (χ0v) is 14.6. The van der Waals surface area contributed by atoms with Gasteiger partial charge >= 0.3 is 5.97 Å². The van der Waals surface area contributed by atoms with Gasteiger partial charge in [-0.3, -0.25) is 9.69 Å². The first kappa shape index (κ1) is 17.3. The Bertz CT molecular complexity index is 534. The highest BCUT2D eigenvalue weighted by Gasteiger charge is 2.32. The fraction of sp³-hybridized carbons (Fsp3) is 0.650. The monoisotopic (exact) mass is 331 g/mol. The Morgan fingerprint density at radius 2 is 1.88 bits per heavy atom. The van der Waals surface area contributed by atoms with Gasteiger partial charge < -0.3 is 9.84 Å². The lowest BCUT2D eigenvalue weighted by molar-refractivity contribution is -0.149. The number of nitrogens with zero attached hydrogens (tertiary/aromatic N) is 1. The van der Waals surface area contributed by atoms with Crippen molar-refractivity contribution < 1.29 is 14.6 Å². The lowest BCUT2D eigenvalue weighted by Crippen LogP contribution is -2.44. The molecule has 3 rings (SSSR count). The highest BCUT2D eigenvalue weighted by Crippen LogP contribution is 2.34. The lowest BCUT2D eigenvalue weighted by Gasteiger charge is -2.41. The smallest absolute Gasteiger partial charge is 0.308 e. The number of esters is 1. The Labute approximate surface area is 144 Å². The zero-order valence-electron chi connectivity index (χ0n) is 14.6. The summed E-state index contributed by atoms with van der Waals surface area (Å²) in [5, 5.41) is 9.47. The molecule has 2 fully saturated rings. The summed E-state index contributed by atoms with van der Waals surface area (Å²) in [4.78, 5) is 14.5. The standard InChI is InChI=1S/C20H29NO3/c1-2-24-20(23)16-5-9-18(10-6-16)21-13-3-4-17(14-21)15-7-11-19(22)12-8-15/h7-8,11-12,16-18,22H,2-6,9-10,13-14H2,1H3. The van der Waals surface area contributed by atoms with Gasteiger partial charge in [0, 0.05) is 12.6 Å². The summed E-state index contributed by atoms with van der Waals surface area (Å²) < 4.78 is 5.17. The first-order valence-electron chi connectivity index (χ1n) is 9.37. The number of hydrogen-bond donors (Lipinski definition) is 1. The van der Waals surface area contributed by atoms with Gasteiger partial charge in [0.25, 0.3) is 0 Å². The van der Waals surface area contributed by atoms with E-state index in [2.05, 4.69) is 17.0 Å². The second kappa shape index (κ2) is 8.02. The summed E-state index contributed by atoms with van der Waals surface area (Å²) >= 11 is 0. The average molecular weight is 331 g/mol. The van der Waals surface area contributed by atoms with Crippen molar-refractivity contribution in [1.82, 2.24) is 4.90 Å². The van der Waals surface area contributed by atoms with Crippen molar-refractivity contribution in [1.29, 1.82) is 0 Å². The van der Waals surface area contributed by atoms with Crippen LogP contribution in [0.4, 0.5) is 0 Å². The second-order valence-electron chi connectivity index (χ2n) is 7.18. The molecule has 2 aliphatic rings. The molecule has 1 aliphatic heterocycles. The molecule has 1 aromatic rings. The molecule has 4 nitrogen and oxygen atoms in total. The molecule has 132 valence electrons. The van der Waals surface area contributed by atoms with Gasteiger partial charge in [0.1, 0.15) is 5.75 Å². The molecule has 4 heteroatoms. The minimum atomic E-state index is -0.00318. The molecule has 1 heterocycles. The molecule has 0 spiro atoms. The predicted octanol–water partition coefficient (Wildman–Crippen LogP) is 3.69. The summed E-state index contributed by atoms with van der Waals surface area (Å²) in [6.45, 7) is 4.63. The lowest BCUT2D eigenvalue weighted by atomic mass is 9.83. The van der Waals surface area contributed by atoms with Gasteiger partial charge in [-0.05, 0) is 75.6 Å². The molecule has 1 N–H and O–H groups in total. The van der Waals surface area contributed by atoms with Crippen LogP contribution in [-0.2, 0) is 9.53 Å². The number of hydrogen-bond acceptors (Lipinski definition) is 4. The number of carbonyl (C=O) groups excluding carboxylic acids is 1. The molecule has 0 aromatic heterocycles. The Kier molecular flexibility index (Phi) is 5.77. The van der Waals surface area contributed by atoms with Gasteiger partial charge in [-0.15, -0.1) is 0 Å². The van der Waals surface area contributed by atoms with Gasteiger partial charge in [-0.25, -0.2) is 0 Å². The number of phenolic OH excluding ortho intramolecular Hbond substituents is 1. The van der Waals surface area contributed by atoms with Crippen LogP contribution in [-0.4, -0.2) is 41.7 Å². The maximum atomic E-state index is 11.9. The molecule has 24 heavy (non-hydrogen) atoms. The van der Waals surface area contributed by atoms with Crippen molar-refractivity contribution >= 4 is 5.97 Å². The van der Waals surface area contributed by atoms with Gasteiger partial charge in [0.15, 0.2) is 0 Å². The third kappa shape index (κ3) is 4.10. The third-order valence-corrected chi connectivity index (χ3v) is 5.65. The number of rotatable bonds is 4. The zero-order chi connectivity index (χ0) is 16.9. The molecular formula is C20H29NO3. The fourth-order valence-electron chi connectivity index (χ4n) is 4.29. The van der Waals surface area contributed by atoms with Crippen molar-refractivity contribution in [3.8, 4) is 5.75 Å². The van der Waals surface area contributed by atoms with E-state index in [4.69, 9.17) is 4.74 Å². The molecule has 1 aromatic carbocycles. The van der Waals surface area contributed by atoms with Gasteiger partial charge in [0.2, 0.25) is 0 Å². The molecule has 1 aliphatic carbocycles. The molecule has 1 atom stereocenters. The van der Waals surface area contributed by atoms with Crippen LogP contribution in [0.3, 0.4) is 0 Å². The Hall–Kier alpha value is -1.55. The molecule has 0 amide bonds. The van der Waals surface area contributed by atoms with E-state index in [-0.39, 0.29) is 11.9 Å². The number of phenols is 1. The van der Waals surface area contributed by atoms with E-state index in [1.54, 1.807) is 12.1 Å². The highest BCUT2D eigenvalue weighted by molar-refractivity contribution is 5.72. The first-order valence-corrected chi connectivity index (χ1v) is 9.37. The van der Waals surface area contributed by atoms with Crippen LogP contribution in [0, 0.1) is 5.92 Å². The normalized spacial score (nSPS) is 28.5. The van der Waals surface area contributed by atoms with Crippen molar-refractivity contribution in [2.45, 2.75) is 57.4 Å². The minimum absolute atomic E-state index is 0.00318. The summed E-state index contributed by atoms with van der Waals surface area (Å²) in [7, 11) is 0. The molecular weight excluding hydrogens is 302 g/mol. The topological polar surface area (TPSA) is 49.8 Å². The summed E-state index contributed by atoms with van der Waals surface area (Å²) in [6, 6.07) is 8.30. The van der Waals surface area contributed by atoms with E-state index in [1.165, 1.54) is 24.9 Å². The van der Waals surface area contributed by atoms with Crippen LogP contribution in [0.5, 0.6) is 5.75 Å². The number of benzene rings is 1. The molecule has 0 bridgehead atoms. The largest absolute Gasteiger partial charge is 0.508 e. The maximum absolute atomic E-state index is 11.9. The molecule has 1 saturated heterocycles. The number of ether oxygens (including phenoxy) is 1. The second-order valence-corrected chi connectivity index (χ2v) is 7.18. The number of likely N-dealkylation sites (tertiary alicyclic amines) is 1. The van der Waals surface area contributed by atoms with Crippen LogP contribution in [0.15, 0.2) is 24.3 Å². The summed E-state index contributed by atoms with van der Waals surface area (Å²) in [5.41, 5.74) is 1.33. The highest BCUT2D eigenvalue weighted by atomic mass is 16.5. The maximum Gasteiger partial charge on any atom is 0.308 e. The SMILES string of the molecule is CCOC(=O)C1CCC(N2CCCC(c3ccc(O)cc3)C2)CC1. The van der Waals surface area contributed by atoms with Gasteiger partial charge in [-0.2, -0.15) is 0 Å². The van der Waals surface area contributed by atoms with E-state index in [0.29, 0.717) is 24.3 Å². The van der Waals surface area contributed by atoms with Crippen molar-refractivity contribution in [2.75, 3.05) is 19.7 Å². The molecule has 0 radical (unpaired) electrons. The van der Waals surface area contributed by atoms with Crippen molar-refractivity contribution in [2.24, 2.45) is 5.92 Å². The molecule has 1 unspecified atom stereocenters. The van der Waals surface area contributed by atoms with Gasteiger partial charge in [-0.1, -0.05) is 12.1 Å². The first-order chi connectivity index (χ1) is 11.7. The van der Waals surface area contributed by atoms with E-state index < -0.39 is 0 Å². The quantitative estimate of drug-likeness (QED) is 0.855. The third-order valence-electron chi connectivity index (χ3n) is 5.65.